The first-order chi connectivity index (χ1) is 11.2. The van der Waals surface area contributed by atoms with Crippen LogP contribution in [0.1, 0.15) is 0 Å². The zero-order chi connectivity index (χ0) is 15.8. The Hall–Kier alpha value is -2.67. The van der Waals surface area contributed by atoms with Crippen LogP contribution < -0.4 is 4.90 Å². The van der Waals surface area contributed by atoms with Crippen LogP contribution in [0.2, 0.25) is 0 Å². The molecule has 1 aliphatic heterocycles. The molecule has 4 rings (SSSR count). The van der Waals surface area contributed by atoms with Crippen molar-refractivity contribution in [1.82, 2.24) is 14.8 Å². The van der Waals surface area contributed by atoms with Crippen molar-refractivity contribution in [3.63, 3.8) is 0 Å². The highest BCUT2D eigenvalue weighted by atomic mass is 32.2. The van der Waals surface area contributed by atoms with E-state index >= 15 is 0 Å². The van der Waals surface area contributed by atoms with E-state index in [9.17, 15) is 9.18 Å². The summed E-state index contributed by atoms with van der Waals surface area (Å²) < 4.78 is 15.1. The van der Waals surface area contributed by atoms with Crippen LogP contribution in [0.3, 0.4) is 0 Å². The van der Waals surface area contributed by atoms with Gasteiger partial charge in [0, 0.05) is 5.69 Å². The number of carbonyl (C=O) groups excluding carboxylic acids is 1. The summed E-state index contributed by atoms with van der Waals surface area (Å²) >= 11 is 1.39. The molecule has 0 radical (unpaired) electrons. The lowest BCUT2D eigenvalue weighted by Gasteiger charge is -2.25. The molecule has 2 heterocycles. The third-order valence-corrected chi connectivity index (χ3v) is 4.40. The molecule has 0 unspecified atom stereocenters. The number of halogens is 1. The van der Waals surface area contributed by atoms with E-state index in [0.29, 0.717) is 11.0 Å². The Morgan fingerprint density at radius 1 is 1.04 bits per heavy atom. The maximum Gasteiger partial charge on any atom is 0.352 e. The van der Waals surface area contributed by atoms with E-state index in [4.69, 9.17) is 0 Å². The number of thioether (sulfide) groups is 1. The maximum absolute atomic E-state index is 13.9. The van der Waals surface area contributed by atoms with Gasteiger partial charge in [0.25, 0.3) is 0 Å². The molecule has 23 heavy (non-hydrogen) atoms. The first-order valence-corrected chi connectivity index (χ1v) is 7.94. The van der Waals surface area contributed by atoms with Gasteiger partial charge in [-0.2, -0.15) is 4.68 Å². The molecule has 1 aliphatic rings. The number of hydrogen-bond donors (Lipinski definition) is 0. The lowest BCUT2D eigenvalue weighted by Crippen LogP contribution is -2.38. The number of carbonyl (C=O) groups is 1. The Bertz CT molecular complexity index is 881. The van der Waals surface area contributed by atoms with Crippen LogP contribution in [0.15, 0.2) is 59.8 Å². The Morgan fingerprint density at radius 2 is 1.78 bits per heavy atom. The highest BCUT2D eigenvalue weighted by Gasteiger charge is 2.29. The quantitative estimate of drug-likeness (QED) is 0.722. The molecule has 0 bridgehead atoms. The van der Waals surface area contributed by atoms with Gasteiger partial charge in [-0.25, -0.2) is 14.2 Å². The molecule has 7 heteroatoms. The number of nitrogens with zero attached hydrogens (tertiary/aromatic N) is 4. The van der Waals surface area contributed by atoms with Crippen LogP contribution >= 0.6 is 11.8 Å². The monoisotopic (exact) mass is 326 g/mol. The van der Waals surface area contributed by atoms with Crippen molar-refractivity contribution >= 4 is 23.5 Å². The van der Waals surface area contributed by atoms with E-state index in [-0.39, 0.29) is 17.4 Å². The van der Waals surface area contributed by atoms with Crippen molar-refractivity contribution in [2.75, 3.05) is 10.8 Å². The SMILES string of the molecule is O=C1N(c2ccccc2)CSc2nc(-c3ccccc3F)nn21. The van der Waals surface area contributed by atoms with Crippen molar-refractivity contribution in [2.45, 2.75) is 5.16 Å². The minimum atomic E-state index is -0.409. The second kappa shape index (κ2) is 5.51. The second-order valence-corrected chi connectivity index (χ2v) is 5.84. The third-order valence-electron chi connectivity index (χ3n) is 3.49. The number of fused-ring (bicyclic) bond motifs is 1. The summed E-state index contributed by atoms with van der Waals surface area (Å²) in [5.74, 6) is 0.250. The highest BCUT2D eigenvalue weighted by molar-refractivity contribution is 7.99. The fourth-order valence-corrected chi connectivity index (χ4v) is 3.25. The van der Waals surface area contributed by atoms with E-state index in [1.54, 1.807) is 23.1 Å². The summed E-state index contributed by atoms with van der Waals surface area (Å²) in [6.07, 6.45) is 0. The fourth-order valence-electron chi connectivity index (χ4n) is 2.36. The van der Waals surface area contributed by atoms with Gasteiger partial charge >= 0.3 is 6.03 Å². The fraction of sp³-hybridized carbons (Fsp3) is 0.0625. The number of hydrogen-bond acceptors (Lipinski definition) is 4. The molecule has 0 fully saturated rings. The molecule has 114 valence electrons. The maximum atomic E-state index is 13.9. The number of rotatable bonds is 2. The largest absolute Gasteiger partial charge is 0.352 e. The zero-order valence-electron chi connectivity index (χ0n) is 11.9. The van der Waals surface area contributed by atoms with Crippen LogP contribution in [0.25, 0.3) is 11.4 Å². The Balaban J connectivity index is 1.73. The predicted octanol–water partition coefficient (Wildman–Crippen LogP) is 3.62. The molecule has 0 aliphatic carbocycles. The third kappa shape index (κ3) is 2.39. The lowest BCUT2D eigenvalue weighted by atomic mass is 10.2. The van der Waals surface area contributed by atoms with Crippen molar-refractivity contribution in [3.05, 3.63) is 60.4 Å². The van der Waals surface area contributed by atoms with Gasteiger partial charge in [0.2, 0.25) is 0 Å². The molecule has 1 aromatic heterocycles. The van der Waals surface area contributed by atoms with Crippen molar-refractivity contribution < 1.29 is 9.18 Å². The summed E-state index contributed by atoms with van der Waals surface area (Å²) in [5.41, 5.74) is 1.08. The molecular formula is C16H11FN4OS. The topological polar surface area (TPSA) is 51.0 Å². The molecular weight excluding hydrogens is 315 g/mol. The minimum Gasteiger partial charge on any atom is -0.282 e. The van der Waals surface area contributed by atoms with Crippen LogP contribution in [0.4, 0.5) is 14.9 Å². The summed E-state index contributed by atoms with van der Waals surface area (Å²) in [7, 11) is 0. The van der Waals surface area contributed by atoms with Crippen LogP contribution in [0, 0.1) is 5.82 Å². The molecule has 1 amide bonds. The normalized spacial score (nSPS) is 14.0. The first-order valence-electron chi connectivity index (χ1n) is 6.96. The van der Waals surface area contributed by atoms with Gasteiger partial charge in [0.1, 0.15) is 5.82 Å². The molecule has 2 aromatic carbocycles. The number of benzene rings is 2. The van der Waals surface area contributed by atoms with Crippen LogP contribution in [-0.4, -0.2) is 26.7 Å². The van der Waals surface area contributed by atoms with E-state index in [1.165, 1.54) is 22.5 Å². The first kappa shape index (κ1) is 14.0. The number of amides is 1. The summed E-state index contributed by atoms with van der Waals surface area (Å²) in [6, 6.07) is 15.3. The molecule has 3 aromatic rings. The zero-order valence-corrected chi connectivity index (χ0v) is 12.7. The van der Waals surface area contributed by atoms with Crippen molar-refractivity contribution in [2.24, 2.45) is 0 Å². The molecule has 0 atom stereocenters. The Kier molecular flexibility index (Phi) is 3.34. The van der Waals surface area contributed by atoms with Gasteiger partial charge in [-0.15, -0.1) is 5.10 Å². The van der Waals surface area contributed by atoms with Gasteiger partial charge in [0.15, 0.2) is 11.0 Å². The molecule has 0 N–H and O–H groups in total. The van der Waals surface area contributed by atoms with Crippen LogP contribution in [-0.2, 0) is 0 Å². The number of anilines is 1. The lowest BCUT2D eigenvalue weighted by molar-refractivity contribution is 0.243. The summed E-state index contributed by atoms with van der Waals surface area (Å²) in [4.78, 5) is 18.5. The number of para-hydroxylation sites is 1. The standard InChI is InChI=1S/C16H11FN4OS/c17-13-9-5-4-8-12(13)14-18-15-21(19-14)16(22)20(10-23-15)11-6-2-1-3-7-11/h1-9H,10H2. The molecule has 0 saturated carbocycles. The second-order valence-electron chi connectivity index (χ2n) is 4.93. The molecule has 0 spiro atoms. The average molecular weight is 326 g/mol. The smallest absolute Gasteiger partial charge is 0.282 e. The Morgan fingerprint density at radius 3 is 2.57 bits per heavy atom. The number of aromatic nitrogens is 3. The van der Waals surface area contributed by atoms with Gasteiger partial charge in [0.05, 0.1) is 11.4 Å². The minimum absolute atomic E-state index is 0.217. The van der Waals surface area contributed by atoms with E-state index in [1.807, 2.05) is 30.3 Å². The summed E-state index contributed by atoms with van der Waals surface area (Å²) in [6.45, 7) is 0. The Labute approximate surface area is 135 Å². The highest BCUT2D eigenvalue weighted by Crippen LogP contribution is 2.30. The predicted molar refractivity (Wildman–Crippen MR) is 85.9 cm³/mol. The van der Waals surface area contributed by atoms with Crippen LogP contribution in [0.5, 0.6) is 0 Å². The van der Waals surface area contributed by atoms with E-state index in [0.717, 1.165) is 5.69 Å². The summed E-state index contributed by atoms with van der Waals surface area (Å²) in [5, 5.41) is 4.66. The van der Waals surface area contributed by atoms with Gasteiger partial charge < -0.3 is 0 Å². The molecule has 5 nitrogen and oxygen atoms in total. The van der Waals surface area contributed by atoms with Gasteiger partial charge in [-0.1, -0.05) is 42.1 Å². The van der Waals surface area contributed by atoms with Gasteiger partial charge in [-0.3, -0.25) is 4.90 Å². The van der Waals surface area contributed by atoms with Gasteiger partial charge in [-0.05, 0) is 24.3 Å². The van der Waals surface area contributed by atoms with E-state index in [2.05, 4.69) is 10.1 Å². The molecule has 0 saturated heterocycles. The van der Waals surface area contributed by atoms with Crippen molar-refractivity contribution in [3.8, 4) is 11.4 Å². The van der Waals surface area contributed by atoms with E-state index < -0.39 is 5.82 Å². The van der Waals surface area contributed by atoms with Crippen molar-refractivity contribution in [1.29, 1.82) is 0 Å². The average Bonchev–Trinajstić information content (AvgIpc) is 3.01.